The summed E-state index contributed by atoms with van der Waals surface area (Å²) in [7, 11) is 9.06. The van der Waals surface area contributed by atoms with E-state index in [1.165, 1.54) is 0 Å². The standard InChI is InChI=1S/C47H72N2O11/c1-10-29-17-14-18-37(60-39-20-19-36(49(5)6)26(3)56-39)25(2)42(51)35-23-32-31-21-30(59-47-46(55-9)45(54-8)44(53-7)27(4)57-47)22-34(31)43(52)41(48-28-15-12-11-13-16-28)40(32)33(35)24-38(50)58-29/h11-13,15-16,23,25-27,29-34,36-37,39-41,43-48,52H,10,14,17-22,24H2,1-9H3/t25-,26?,27?,29+,30+,31+,32+,33-,34-,36+,37+,39+,40-,41+,43+,44+,45-,46?,47+/m1/s1. The molecule has 2 N–H and O–H groups in total. The molecule has 0 amide bonds. The van der Waals surface area contributed by atoms with E-state index in [2.05, 4.69) is 44.2 Å². The van der Waals surface area contributed by atoms with E-state index in [0.29, 0.717) is 43.7 Å². The van der Waals surface area contributed by atoms with Crippen molar-refractivity contribution < 1.29 is 52.6 Å². The summed E-state index contributed by atoms with van der Waals surface area (Å²) >= 11 is 0. The zero-order valence-corrected chi connectivity index (χ0v) is 37.3. The number of hydrogen-bond acceptors (Lipinski definition) is 13. The van der Waals surface area contributed by atoms with Gasteiger partial charge in [0, 0.05) is 44.9 Å². The molecule has 336 valence electrons. The summed E-state index contributed by atoms with van der Waals surface area (Å²) in [6, 6.07) is 9.74. The van der Waals surface area contributed by atoms with Crippen LogP contribution in [0.4, 0.5) is 5.69 Å². The fourth-order valence-corrected chi connectivity index (χ4v) is 11.9. The number of carbonyl (C=O) groups excluding carboxylic acids is 2. The molecule has 1 aromatic rings. The summed E-state index contributed by atoms with van der Waals surface area (Å²) in [5.74, 6) is -1.76. The first-order valence-electron chi connectivity index (χ1n) is 22.7. The van der Waals surface area contributed by atoms with Crippen LogP contribution in [0.3, 0.4) is 0 Å². The molecule has 6 aliphatic rings. The van der Waals surface area contributed by atoms with Crippen LogP contribution < -0.4 is 5.32 Å². The molecule has 13 heteroatoms. The Kier molecular flexibility index (Phi) is 15.1. The summed E-state index contributed by atoms with van der Waals surface area (Å²) < 4.78 is 50.1. The lowest BCUT2D eigenvalue weighted by Gasteiger charge is -2.47. The van der Waals surface area contributed by atoms with Crippen molar-refractivity contribution >= 4 is 17.4 Å². The molecule has 19 atom stereocenters. The maximum absolute atomic E-state index is 15.1. The van der Waals surface area contributed by atoms with Crippen molar-refractivity contribution in [3.05, 3.63) is 42.0 Å². The number of rotatable bonds is 11. The van der Waals surface area contributed by atoms with Gasteiger partial charge in [-0.15, -0.1) is 0 Å². The van der Waals surface area contributed by atoms with Gasteiger partial charge in [0.15, 0.2) is 18.4 Å². The Morgan fingerprint density at radius 3 is 2.23 bits per heavy atom. The van der Waals surface area contributed by atoms with Crippen molar-refractivity contribution in [2.24, 2.45) is 35.5 Å². The zero-order valence-electron chi connectivity index (χ0n) is 37.3. The molecule has 3 aliphatic carbocycles. The quantitative estimate of drug-likeness (QED) is 0.261. The van der Waals surface area contributed by atoms with E-state index < -0.39 is 48.8 Å². The Morgan fingerprint density at radius 2 is 1.57 bits per heavy atom. The fraction of sp³-hybridized carbons (Fsp3) is 0.787. The van der Waals surface area contributed by atoms with Crippen LogP contribution in [0.2, 0.25) is 0 Å². The minimum absolute atomic E-state index is 0.00373. The van der Waals surface area contributed by atoms with Gasteiger partial charge in [0.2, 0.25) is 0 Å². The normalized spacial score (nSPS) is 43.9. The molecular weight excluding hydrogens is 769 g/mol. The number of ketones is 1. The number of fused-ring (bicyclic) bond motifs is 5. The molecule has 60 heavy (non-hydrogen) atoms. The predicted molar refractivity (Wildman–Crippen MR) is 225 cm³/mol. The highest BCUT2D eigenvalue weighted by Gasteiger charge is 2.60. The van der Waals surface area contributed by atoms with Gasteiger partial charge in [-0.3, -0.25) is 9.59 Å². The number of esters is 1. The van der Waals surface area contributed by atoms with Crippen LogP contribution in [0.5, 0.6) is 0 Å². The van der Waals surface area contributed by atoms with Crippen LogP contribution in [0.15, 0.2) is 42.0 Å². The highest BCUT2D eigenvalue weighted by molar-refractivity contribution is 5.99. The fourth-order valence-electron chi connectivity index (χ4n) is 11.9. The van der Waals surface area contributed by atoms with Crippen LogP contribution in [-0.4, -0.2) is 137 Å². The average Bonchev–Trinajstić information content (AvgIpc) is 3.82. The Labute approximate surface area is 357 Å². The van der Waals surface area contributed by atoms with E-state index in [-0.39, 0.29) is 78.5 Å². The minimum atomic E-state index is -0.785. The number of carbonyl (C=O) groups is 2. The Morgan fingerprint density at radius 1 is 0.850 bits per heavy atom. The summed E-state index contributed by atoms with van der Waals surface area (Å²) in [6.07, 6.45) is 3.64. The van der Waals surface area contributed by atoms with E-state index in [9.17, 15) is 9.90 Å². The van der Waals surface area contributed by atoms with Crippen LogP contribution in [0.1, 0.15) is 85.5 Å². The van der Waals surface area contributed by atoms with E-state index >= 15 is 4.79 Å². The smallest absolute Gasteiger partial charge is 0.306 e. The second-order valence-electron chi connectivity index (χ2n) is 18.6. The number of nitrogens with zero attached hydrogens (tertiary/aromatic N) is 1. The largest absolute Gasteiger partial charge is 0.462 e. The number of allylic oxidation sites excluding steroid dienone is 2. The number of benzene rings is 1. The number of aliphatic hydroxyl groups is 1. The van der Waals surface area contributed by atoms with Crippen molar-refractivity contribution in [3.63, 3.8) is 0 Å². The van der Waals surface area contributed by atoms with Gasteiger partial charge in [-0.2, -0.15) is 0 Å². The van der Waals surface area contributed by atoms with Gasteiger partial charge in [0.1, 0.15) is 24.4 Å². The van der Waals surface area contributed by atoms with Crippen LogP contribution in [0, 0.1) is 35.5 Å². The molecular formula is C47H72N2O11. The third kappa shape index (κ3) is 9.40. The maximum Gasteiger partial charge on any atom is 0.306 e. The molecule has 3 aliphatic heterocycles. The lowest BCUT2D eigenvalue weighted by atomic mass is 9.62. The summed E-state index contributed by atoms with van der Waals surface area (Å²) in [6.45, 7) is 8.08. The number of nitrogens with one attached hydrogen (secondary N) is 1. The topological polar surface area (TPSA) is 143 Å². The molecule has 3 unspecified atom stereocenters. The van der Waals surface area contributed by atoms with Crippen LogP contribution in [-0.2, 0) is 47.5 Å². The van der Waals surface area contributed by atoms with Gasteiger partial charge in [-0.05, 0) is 121 Å². The van der Waals surface area contributed by atoms with Crippen LogP contribution >= 0.6 is 0 Å². The number of cyclic esters (lactones) is 1. The molecule has 3 saturated heterocycles. The van der Waals surface area contributed by atoms with Gasteiger partial charge in [0.25, 0.3) is 0 Å². The molecule has 2 saturated carbocycles. The van der Waals surface area contributed by atoms with Crippen molar-refractivity contribution in [1.29, 1.82) is 0 Å². The SMILES string of the molecule is CC[C@H]1CCC[C@H](O[C@H]2CC[C@H](N(C)C)C(C)O2)[C@@H](C)C(=O)C2=C[C@H]3[C@@H]4C[C@H](O[C@@H]5OC(C)[C@H](OC)[C@@H](OC)C5OC)C[C@H]4[C@H](O)[C@@H](Nc4ccccc4)[C@H]3[C@@H]2CC(=O)O1. The van der Waals surface area contributed by atoms with Gasteiger partial charge in [-0.25, -0.2) is 0 Å². The van der Waals surface area contributed by atoms with Crippen molar-refractivity contribution in [2.75, 3.05) is 40.7 Å². The molecule has 0 spiro atoms. The number of anilines is 1. The van der Waals surface area contributed by atoms with Gasteiger partial charge >= 0.3 is 5.97 Å². The van der Waals surface area contributed by atoms with E-state index in [1.807, 2.05) is 44.2 Å². The third-order valence-electron chi connectivity index (χ3n) is 15.0. The first kappa shape index (κ1) is 45.6. The van der Waals surface area contributed by atoms with E-state index in [0.717, 1.165) is 24.9 Å². The minimum Gasteiger partial charge on any atom is -0.462 e. The first-order chi connectivity index (χ1) is 28.9. The number of Topliss-reactive ketones (excluding diaryl/α,β-unsaturated/α-hetero) is 1. The monoisotopic (exact) mass is 841 g/mol. The van der Waals surface area contributed by atoms with Crippen molar-refractivity contribution in [1.82, 2.24) is 4.90 Å². The van der Waals surface area contributed by atoms with Gasteiger partial charge < -0.3 is 53.2 Å². The highest BCUT2D eigenvalue weighted by Crippen LogP contribution is 2.57. The number of methoxy groups -OCH3 is 3. The molecule has 0 aromatic heterocycles. The molecule has 0 bridgehead atoms. The van der Waals surface area contributed by atoms with Gasteiger partial charge in [0.05, 0.1) is 43.0 Å². The molecule has 3 heterocycles. The number of aliphatic hydroxyl groups excluding tert-OH is 1. The number of ether oxygens (including phenoxy) is 8. The van der Waals surface area contributed by atoms with E-state index in [4.69, 9.17) is 37.9 Å². The Hall–Kier alpha value is -2.46. The first-order valence-corrected chi connectivity index (χ1v) is 22.7. The number of para-hydroxylation sites is 1. The zero-order chi connectivity index (χ0) is 42.8. The van der Waals surface area contributed by atoms with Crippen LogP contribution in [0.25, 0.3) is 0 Å². The maximum atomic E-state index is 15.1. The Bertz CT molecular complexity index is 1610. The summed E-state index contributed by atoms with van der Waals surface area (Å²) in [5, 5.41) is 16.3. The number of hydrogen-bond donors (Lipinski definition) is 2. The predicted octanol–water partition coefficient (Wildman–Crippen LogP) is 5.77. The Balaban J connectivity index is 1.20. The van der Waals surface area contributed by atoms with Crippen molar-refractivity contribution in [2.45, 2.75) is 165 Å². The molecule has 7 rings (SSSR count). The summed E-state index contributed by atoms with van der Waals surface area (Å²) in [5.41, 5.74) is 1.52. The lowest BCUT2D eigenvalue weighted by Crippen LogP contribution is -2.59. The number of likely N-dealkylation sites (N-methyl/N-ethyl adjacent to an activating group) is 1. The second-order valence-corrected chi connectivity index (χ2v) is 18.6. The third-order valence-corrected chi connectivity index (χ3v) is 15.0. The molecule has 13 nitrogen and oxygen atoms in total. The molecule has 5 fully saturated rings. The van der Waals surface area contributed by atoms with E-state index in [1.54, 1.807) is 21.3 Å². The lowest BCUT2D eigenvalue weighted by molar-refractivity contribution is -0.314. The van der Waals surface area contributed by atoms with Gasteiger partial charge in [-0.1, -0.05) is 38.1 Å². The molecule has 1 aromatic carbocycles. The van der Waals surface area contributed by atoms with Crippen molar-refractivity contribution in [3.8, 4) is 0 Å². The average molecular weight is 841 g/mol. The highest BCUT2D eigenvalue weighted by atomic mass is 16.7. The summed E-state index contributed by atoms with van der Waals surface area (Å²) in [4.78, 5) is 31.3. The molecule has 0 radical (unpaired) electrons. The second kappa shape index (κ2) is 19.9.